The third-order valence-corrected chi connectivity index (χ3v) is 8.11. The van der Waals surface area contributed by atoms with Gasteiger partial charge in [-0.3, -0.25) is 4.79 Å². The standard InChI is InChI=1S/C24H31N3O6S2/c1-17(2)14-27(35(30,31)21-10-8-18(25)9-11-21)15-22(28)23(34-20-6-4-3-5-7-20)26-24(29)33-19-12-13-32-16-19/h3-11,17,19,23H,12-16,25H2,1-2H3,(H,26,29)/t19-,23-/m0/s1. The third kappa shape index (κ3) is 7.96. The quantitative estimate of drug-likeness (QED) is 0.262. The molecule has 3 N–H and O–H groups in total. The van der Waals surface area contributed by atoms with Crippen LogP contribution >= 0.6 is 11.8 Å². The lowest BCUT2D eigenvalue weighted by Gasteiger charge is -2.26. The van der Waals surface area contributed by atoms with E-state index in [1.54, 1.807) is 12.1 Å². The highest BCUT2D eigenvalue weighted by Gasteiger charge is 2.32. The number of hydrogen-bond acceptors (Lipinski definition) is 8. The summed E-state index contributed by atoms with van der Waals surface area (Å²) in [6, 6.07) is 14.9. The maximum Gasteiger partial charge on any atom is 0.408 e. The number of sulfonamides is 1. The summed E-state index contributed by atoms with van der Waals surface area (Å²) in [7, 11) is -3.97. The van der Waals surface area contributed by atoms with Crippen LogP contribution in [-0.2, 0) is 24.3 Å². The first-order chi connectivity index (χ1) is 16.6. The minimum atomic E-state index is -3.97. The number of ketones is 1. The molecule has 2 aromatic rings. The van der Waals surface area contributed by atoms with Crippen molar-refractivity contribution < 1.29 is 27.5 Å². The average Bonchev–Trinajstić information content (AvgIpc) is 3.31. The van der Waals surface area contributed by atoms with Crippen LogP contribution < -0.4 is 11.1 Å². The van der Waals surface area contributed by atoms with Crippen molar-refractivity contribution in [2.45, 2.75) is 41.5 Å². The van der Waals surface area contributed by atoms with E-state index < -0.39 is 33.8 Å². The molecule has 3 rings (SSSR count). The molecule has 0 aromatic heterocycles. The Bertz CT molecular complexity index is 1090. The summed E-state index contributed by atoms with van der Waals surface area (Å²) in [5.74, 6) is -0.509. The average molecular weight is 522 g/mol. The second-order valence-corrected chi connectivity index (χ2v) is 11.7. The highest BCUT2D eigenvalue weighted by Crippen LogP contribution is 2.25. The summed E-state index contributed by atoms with van der Waals surface area (Å²) in [6.07, 6.45) is -0.547. The number of rotatable bonds is 11. The van der Waals surface area contributed by atoms with E-state index in [0.717, 1.165) is 21.0 Å². The van der Waals surface area contributed by atoms with Gasteiger partial charge in [0.25, 0.3) is 0 Å². The monoisotopic (exact) mass is 521 g/mol. The van der Waals surface area contributed by atoms with Gasteiger partial charge >= 0.3 is 6.09 Å². The van der Waals surface area contributed by atoms with Gasteiger partial charge in [-0.2, -0.15) is 4.31 Å². The number of carbonyl (C=O) groups is 2. The Balaban J connectivity index is 1.80. The summed E-state index contributed by atoms with van der Waals surface area (Å²) in [4.78, 5) is 26.7. The number of nitrogens with zero attached hydrogens (tertiary/aromatic N) is 1. The topological polar surface area (TPSA) is 128 Å². The number of hydrogen-bond donors (Lipinski definition) is 2. The van der Waals surface area contributed by atoms with Gasteiger partial charge in [-0.1, -0.05) is 43.8 Å². The second-order valence-electron chi connectivity index (χ2n) is 8.57. The summed E-state index contributed by atoms with van der Waals surface area (Å²) in [5, 5.41) is 1.56. The van der Waals surface area contributed by atoms with E-state index in [4.69, 9.17) is 15.2 Å². The van der Waals surface area contributed by atoms with E-state index in [-0.39, 0.29) is 23.5 Å². The lowest BCUT2D eigenvalue weighted by molar-refractivity contribution is -0.119. The van der Waals surface area contributed by atoms with Gasteiger partial charge in [0.15, 0.2) is 5.78 Å². The minimum absolute atomic E-state index is 0.0353. The van der Waals surface area contributed by atoms with Crippen molar-refractivity contribution >= 4 is 39.3 Å². The fraction of sp³-hybridized carbons (Fsp3) is 0.417. The SMILES string of the molecule is CC(C)CN(CC(=O)[C@@H](NC(=O)O[C@H]1CCOC1)Sc1ccccc1)S(=O)(=O)c1ccc(N)cc1. The van der Waals surface area contributed by atoms with Crippen LogP contribution in [0.15, 0.2) is 64.4 Å². The predicted molar refractivity (Wildman–Crippen MR) is 134 cm³/mol. The zero-order chi connectivity index (χ0) is 25.4. The minimum Gasteiger partial charge on any atom is -0.444 e. The maximum atomic E-state index is 13.4. The molecule has 0 radical (unpaired) electrons. The maximum absolute atomic E-state index is 13.4. The van der Waals surface area contributed by atoms with E-state index in [9.17, 15) is 18.0 Å². The highest BCUT2D eigenvalue weighted by atomic mass is 32.2. The largest absolute Gasteiger partial charge is 0.444 e. The molecule has 9 nitrogen and oxygen atoms in total. The van der Waals surface area contributed by atoms with Gasteiger partial charge in [0.05, 0.1) is 24.7 Å². The van der Waals surface area contributed by atoms with E-state index in [1.807, 2.05) is 32.0 Å². The zero-order valence-corrected chi connectivity index (χ0v) is 21.4. The smallest absolute Gasteiger partial charge is 0.408 e. The molecule has 2 atom stereocenters. The molecule has 11 heteroatoms. The van der Waals surface area contributed by atoms with Gasteiger partial charge in [-0.15, -0.1) is 0 Å². The Morgan fingerprint density at radius 2 is 1.86 bits per heavy atom. The number of nitrogens with one attached hydrogen (secondary N) is 1. The van der Waals surface area contributed by atoms with Crippen molar-refractivity contribution in [3.63, 3.8) is 0 Å². The number of Topliss-reactive ketones (excluding diaryl/α,β-unsaturated/α-hetero) is 1. The molecule has 2 aromatic carbocycles. The summed E-state index contributed by atoms with van der Waals surface area (Å²) >= 11 is 1.12. The number of ether oxygens (including phenoxy) is 2. The Kier molecular flexibility index (Phi) is 9.55. The van der Waals surface area contributed by atoms with Crippen LogP contribution in [0.5, 0.6) is 0 Å². The lowest BCUT2D eigenvalue weighted by atomic mass is 10.2. The van der Waals surface area contributed by atoms with Gasteiger partial charge in [0, 0.05) is 23.5 Å². The van der Waals surface area contributed by atoms with Crippen LogP contribution in [0.3, 0.4) is 0 Å². The van der Waals surface area contributed by atoms with Crippen LogP contribution in [0, 0.1) is 5.92 Å². The fourth-order valence-corrected chi connectivity index (χ4v) is 5.93. The van der Waals surface area contributed by atoms with Crippen molar-refractivity contribution in [1.29, 1.82) is 0 Å². The molecular formula is C24H31N3O6S2. The van der Waals surface area contributed by atoms with Crippen LogP contribution in [0.1, 0.15) is 20.3 Å². The number of benzene rings is 2. The van der Waals surface area contributed by atoms with Crippen molar-refractivity contribution in [3.05, 3.63) is 54.6 Å². The first-order valence-corrected chi connectivity index (χ1v) is 13.6. The van der Waals surface area contributed by atoms with Crippen molar-refractivity contribution in [3.8, 4) is 0 Å². The molecule has 35 heavy (non-hydrogen) atoms. The van der Waals surface area contributed by atoms with Crippen LogP contribution in [0.4, 0.5) is 10.5 Å². The molecule has 0 spiro atoms. The first-order valence-electron chi connectivity index (χ1n) is 11.3. The van der Waals surface area contributed by atoms with Crippen molar-refractivity contribution in [1.82, 2.24) is 9.62 Å². The van der Waals surface area contributed by atoms with Crippen molar-refractivity contribution in [2.75, 3.05) is 32.0 Å². The molecule has 1 saturated heterocycles. The zero-order valence-electron chi connectivity index (χ0n) is 19.8. The Morgan fingerprint density at radius 3 is 2.46 bits per heavy atom. The van der Waals surface area contributed by atoms with E-state index in [2.05, 4.69) is 5.32 Å². The summed E-state index contributed by atoms with van der Waals surface area (Å²) in [6.45, 7) is 4.26. The van der Waals surface area contributed by atoms with Gasteiger partial charge in [0.1, 0.15) is 11.5 Å². The van der Waals surface area contributed by atoms with Crippen molar-refractivity contribution in [2.24, 2.45) is 5.92 Å². The normalized spacial score (nSPS) is 16.9. The molecule has 1 aliphatic heterocycles. The molecule has 1 aliphatic rings. The van der Waals surface area contributed by atoms with Crippen LogP contribution in [0.25, 0.3) is 0 Å². The Labute approximate surface area is 210 Å². The Hall–Kier alpha value is -2.60. The number of anilines is 1. The fourth-order valence-electron chi connectivity index (χ4n) is 3.41. The van der Waals surface area contributed by atoms with E-state index in [0.29, 0.717) is 25.3 Å². The van der Waals surface area contributed by atoms with Gasteiger partial charge < -0.3 is 20.5 Å². The molecule has 0 bridgehead atoms. The molecule has 0 saturated carbocycles. The van der Waals surface area contributed by atoms with E-state index in [1.165, 1.54) is 24.3 Å². The summed E-state index contributed by atoms with van der Waals surface area (Å²) < 4.78 is 38.4. The van der Waals surface area contributed by atoms with Gasteiger partial charge in [-0.25, -0.2) is 13.2 Å². The van der Waals surface area contributed by atoms with E-state index >= 15 is 0 Å². The third-order valence-electron chi connectivity index (χ3n) is 5.12. The van der Waals surface area contributed by atoms with Gasteiger partial charge in [0.2, 0.25) is 10.0 Å². The second kappa shape index (κ2) is 12.4. The van der Waals surface area contributed by atoms with Crippen LogP contribution in [0.2, 0.25) is 0 Å². The number of amides is 1. The Morgan fingerprint density at radius 1 is 1.17 bits per heavy atom. The molecule has 0 aliphatic carbocycles. The molecule has 1 amide bonds. The van der Waals surface area contributed by atoms with Gasteiger partial charge in [-0.05, 0) is 42.3 Å². The first kappa shape index (κ1) is 27.0. The molecule has 1 fully saturated rings. The molecular weight excluding hydrogens is 490 g/mol. The number of nitrogens with two attached hydrogens (primary N) is 1. The summed E-state index contributed by atoms with van der Waals surface area (Å²) in [5.41, 5.74) is 6.14. The molecule has 190 valence electrons. The number of alkyl carbamates (subject to hydrolysis) is 1. The predicted octanol–water partition coefficient (Wildman–Crippen LogP) is 3.12. The lowest BCUT2D eigenvalue weighted by Crippen LogP contribution is -2.46. The molecule has 1 heterocycles. The highest BCUT2D eigenvalue weighted by molar-refractivity contribution is 8.00. The number of nitrogen functional groups attached to an aromatic ring is 1. The number of carbonyl (C=O) groups excluding carboxylic acids is 2. The molecule has 0 unspecified atom stereocenters. The number of thioether (sulfide) groups is 1. The van der Waals surface area contributed by atoms with Crippen LogP contribution in [-0.4, -0.2) is 62.4 Å².